The third-order valence-corrected chi connectivity index (χ3v) is 4.51. The summed E-state index contributed by atoms with van der Waals surface area (Å²) in [7, 11) is 0. The first-order chi connectivity index (χ1) is 9.86. The van der Waals surface area contributed by atoms with Crippen molar-refractivity contribution in [1.82, 2.24) is 5.32 Å². The van der Waals surface area contributed by atoms with Crippen LogP contribution in [-0.2, 0) is 4.74 Å². The smallest absolute Gasteiger partial charge is 0.0575 e. The molecule has 1 aliphatic rings. The van der Waals surface area contributed by atoms with Gasteiger partial charge in [-0.3, -0.25) is 0 Å². The summed E-state index contributed by atoms with van der Waals surface area (Å²) in [5.74, 6) is 0. The van der Waals surface area contributed by atoms with Crippen molar-refractivity contribution >= 4 is 0 Å². The molecule has 0 aromatic heterocycles. The normalized spacial score (nSPS) is 21.0. The molecular formula is C18H37NO. The lowest BCUT2D eigenvalue weighted by Gasteiger charge is -2.25. The second-order valence-electron chi connectivity index (χ2n) is 6.38. The van der Waals surface area contributed by atoms with E-state index in [0.717, 1.165) is 19.2 Å². The Balaban J connectivity index is 2.05. The molecule has 1 aliphatic heterocycles. The first-order valence-electron chi connectivity index (χ1n) is 9.21. The molecule has 1 rings (SSSR count). The van der Waals surface area contributed by atoms with Crippen LogP contribution in [0, 0.1) is 0 Å². The number of rotatable bonds is 12. The van der Waals surface area contributed by atoms with Gasteiger partial charge in [-0.1, -0.05) is 52.4 Å². The molecule has 0 bridgehead atoms. The van der Waals surface area contributed by atoms with Gasteiger partial charge in [-0.25, -0.2) is 0 Å². The van der Waals surface area contributed by atoms with E-state index in [9.17, 15) is 0 Å². The van der Waals surface area contributed by atoms with E-state index in [1.54, 1.807) is 0 Å². The summed E-state index contributed by atoms with van der Waals surface area (Å²) in [5.41, 5.74) is 0. The predicted octanol–water partition coefficient (Wildman–Crippen LogP) is 5.06. The van der Waals surface area contributed by atoms with E-state index in [0.29, 0.717) is 6.10 Å². The minimum atomic E-state index is 0.550. The Hall–Kier alpha value is -0.0800. The first kappa shape index (κ1) is 18.0. The lowest BCUT2D eigenvalue weighted by molar-refractivity contribution is 0.00843. The van der Waals surface area contributed by atoms with Crippen LogP contribution in [0.3, 0.4) is 0 Å². The minimum absolute atomic E-state index is 0.550. The summed E-state index contributed by atoms with van der Waals surface area (Å²) in [4.78, 5) is 0. The Morgan fingerprint density at radius 2 is 1.80 bits per heavy atom. The maximum absolute atomic E-state index is 5.85. The summed E-state index contributed by atoms with van der Waals surface area (Å²) in [5, 5.41) is 3.67. The fourth-order valence-corrected chi connectivity index (χ4v) is 3.23. The van der Waals surface area contributed by atoms with Crippen molar-refractivity contribution in [2.45, 2.75) is 103 Å². The van der Waals surface area contributed by atoms with Gasteiger partial charge in [-0.15, -0.1) is 0 Å². The Kier molecular flexibility index (Phi) is 11.4. The molecule has 20 heavy (non-hydrogen) atoms. The monoisotopic (exact) mass is 283 g/mol. The summed E-state index contributed by atoms with van der Waals surface area (Å²) in [6.07, 6.45) is 16.8. The molecule has 2 unspecified atom stereocenters. The van der Waals surface area contributed by atoms with Gasteiger partial charge < -0.3 is 10.1 Å². The second-order valence-corrected chi connectivity index (χ2v) is 6.38. The van der Waals surface area contributed by atoms with Crippen LogP contribution in [-0.4, -0.2) is 25.3 Å². The van der Waals surface area contributed by atoms with Crippen LogP contribution in [0.5, 0.6) is 0 Å². The van der Waals surface area contributed by atoms with Crippen molar-refractivity contribution in [3.05, 3.63) is 0 Å². The number of nitrogens with one attached hydrogen (secondary N) is 1. The second kappa shape index (κ2) is 12.6. The molecule has 0 saturated carbocycles. The van der Waals surface area contributed by atoms with Crippen LogP contribution in [0.2, 0.25) is 0 Å². The van der Waals surface area contributed by atoms with Gasteiger partial charge in [0.05, 0.1) is 6.10 Å². The third-order valence-electron chi connectivity index (χ3n) is 4.51. The van der Waals surface area contributed by atoms with Crippen molar-refractivity contribution in [2.24, 2.45) is 0 Å². The SMILES string of the molecule is CCCCCCCCC(CCC1CCCCO1)NCC. The van der Waals surface area contributed by atoms with Gasteiger partial charge in [0, 0.05) is 12.6 Å². The quantitative estimate of drug-likeness (QED) is 0.505. The van der Waals surface area contributed by atoms with Crippen molar-refractivity contribution in [2.75, 3.05) is 13.2 Å². The molecule has 0 aliphatic carbocycles. The van der Waals surface area contributed by atoms with E-state index in [2.05, 4.69) is 19.2 Å². The van der Waals surface area contributed by atoms with Gasteiger partial charge in [0.25, 0.3) is 0 Å². The van der Waals surface area contributed by atoms with Gasteiger partial charge in [0.1, 0.15) is 0 Å². The maximum Gasteiger partial charge on any atom is 0.0575 e. The number of ether oxygens (including phenoxy) is 1. The molecule has 2 atom stereocenters. The predicted molar refractivity (Wildman–Crippen MR) is 88.3 cm³/mol. The molecule has 0 amide bonds. The number of hydrogen-bond donors (Lipinski definition) is 1. The van der Waals surface area contributed by atoms with Crippen molar-refractivity contribution in [3.63, 3.8) is 0 Å². The van der Waals surface area contributed by atoms with E-state index in [4.69, 9.17) is 4.74 Å². The largest absolute Gasteiger partial charge is 0.378 e. The molecule has 120 valence electrons. The topological polar surface area (TPSA) is 21.3 Å². The number of hydrogen-bond acceptors (Lipinski definition) is 2. The van der Waals surface area contributed by atoms with Crippen LogP contribution in [0.15, 0.2) is 0 Å². The van der Waals surface area contributed by atoms with Crippen LogP contribution in [0.4, 0.5) is 0 Å². The van der Waals surface area contributed by atoms with Gasteiger partial charge >= 0.3 is 0 Å². The molecule has 0 aromatic carbocycles. The third kappa shape index (κ3) is 8.97. The molecule has 0 spiro atoms. The van der Waals surface area contributed by atoms with Crippen molar-refractivity contribution in [3.8, 4) is 0 Å². The molecule has 1 fully saturated rings. The highest BCUT2D eigenvalue weighted by Gasteiger charge is 2.16. The highest BCUT2D eigenvalue weighted by Crippen LogP contribution is 2.19. The van der Waals surface area contributed by atoms with E-state index < -0.39 is 0 Å². The highest BCUT2D eigenvalue weighted by atomic mass is 16.5. The molecule has 1 heterocycles. The molecule has 1 saturated heterocycles. The van der Waals surface area contributed by atoms with E-state index in [1.807, 2.05) is 0 Å². The van der Waals surface area contributed by atoms with E-state index in [-0.39, 0.29) is 0 Å². The van der Waals surface area contributed by atoms with Crippen LogP contribution >= 0.6 is 0 Å². The first-order valence-corrected chi connectivity index (χ1v) is 9.21. The lowest BCUT2D eigenvalue weighted by Crippen LogP contribution is -2.31. The van der Waals surface area contributed by atoms with Gasteiger partial charge in [0.2, 0.25) is 0 Å². The average molecular weight is 284 g/mol. The Labute approximate surface area is 127 Å². The molecule has 1 N–H and O–H groups in total. The summed E-state index contributed by atoms with van der Waals surface area (Å²) < 4.78 is 5.85. The highest BCUT2D eigenvalue weighted by molar-refractivity contribution is 4.71. The Bertz CT molecular complexity index is 202. The van der Waals surface area contributed by atoms with Gasteiger partial charge in [-0.05, 0) is 45.1 Å². The molecular weight excluding hydrogens is 246 g/mol. The van der Waals surface area contributed by atoms with Crippen LogP contribution in [0.25, 0.3) is 0 Å². The zero-order valence-corrected chi connectivity index (χ0v) is 14.0. The minimum Gasteiger partial charge on any atom is -0.378 e. The summed E-state index contributed by atoms with van der Waals surface area (Å²) >= 11 is 0. The fraction of sp³-hybridized carbons (Fsp3) is 1.00. The fourth-order valence-electron chi connectivity index (χ4n) is 3.23. The van der Waals surface area contributed by atoms with Gasteiger partial charge in [-0.2, -0.15) is 0 Å². The van der Waals surface area contributed by atoms with Crippen LogP contribution in [0.1, 0.15) is 90.9 Å². The molecule has 0 aromatic rings. The maximum atomic E-state index is 5.85. The molecule has 2 heteroatoms. The Morgan fingerprint density at radius 1 is 1.00 bits per heavy atom. The van der Waals surface area contributed by atoms with E-state index >= 15 is 0 Å². The van der Waals surface area contributed by atoms with Crippen molar-refractivity contribution in [1.29, 1.82) is 0 Å². The summed E-state index contributed by atoms with van der Waals surface area (Å²) in [6.45, 7) is 6.61. The average Bonchev–Trinajstić information content (AvgIpc) is 2.49. The number of unbranched alkanes of at least 4 members (excludes halogenated alkanes) is 5. The zero-order chi connectivity index (χ0) is 14.5. The summed E-state index contributed by atoms with van der Waals surface area (Å²) in [6, 6.07) is 0.719. The lowest BCUT2D eigenvalue weighted by atomic mass is 9.98. The van der Waals surface area contributed by atoms with Gasteiger partial charge in [0.15, 0.2) is 0 Å². The van der Waals surface area contributed by atoms with Crippen LogP contribution < -0.4 is 5.32 Å². The zero-order valence-electron chi connectivity index (χ0n) is 14.0. The molecule has 2 nitrogen and oxygen atoms in total. The van der Waals surface area contributed by atoms with Crippen molar-refractivity contribution < 1.29 is 4.74 Å². The Morgan fingerprint density at radius 3 is 2.50 bits per heavy atom. The molecule has 0 radical (unpaired) electrons. The van der Waals surface area contributed by atoms with E-state index in [1.165, 1.54) is 77.0 Å². The standard InChI is InChI=1S/C18H37NO/c1-3-5-6-7-8-9-12-17(19-4-2)14-15-18-13-10-11-16-20-18/h17-19H,3-16H2,1-2H3.